The van der Waals surface area contributed by atoms with Crippen molar-refractivity contribution in [1.29, 1.82) is 0 Å². The minimum absolute atomic E-state index is 0.0298. The maximum atomic E-state index is 2.71. The topological polar surface area (TPSA) is 8.17 Å². The predicted octanol–water partition coefficient (Wildman–Crippen LogP) is 11.6. The van der Waals surface area contributed by atoms with Gasteiger partial charge < -0.3 is 9.47 Å². The molecule has 3 aliphatic rings. The Hall–Kier alpha value is -4.28. The maximum Gasteiger partial charge on any atom is 0.264 e. The highest BCUT2D eigenvalue weighted by molar-refractivity contribution is 7.33. The molecule has 0 amide bonds. The zero-order valence-electron chi connectivity index (χ0n) is 32.1. The number of anilines is 3. The van der Waals surface area contributed by atoms with Crippen molar-refractivity contribution in [2.75, 3.05) is 4.90 Å². The first-order chi connectivity index (χ1) is 24.9. The fourth-order valence-corrected chi connectivity index (χ4v) is 11.2. The molecular formula is C48H49BN2S. The quantitative estimate of drug-likeness (QED) is 0.166. The van der Waals surface area contributed by atoms with Crippen LogP contribution in [-0.2, 0) is 22.7 Å². The van der Waals surface area contributed by atoms with Gasteiger partial charge in [-0.1, -0.05) is 110 Å². The van der Waals surface area contributed by atoms with Crippen LogP contribution < -0.4 is 20.6 Å². The number of fused-ring (bicyclic) bond motifs is 10. The van der Waals surface area contributed by atoms with Crippen LogP contribution >= 0.6 is 11.3 Å². The smallest absolute Gasteiger partial charge is 0.264 e. The van der Waals surface area contributed by atoms with Crippen LogP contribution in [0.2, 0.25) is 0 Å². The predicted molar refractivity (Wildman–Crippen MR) is 228 cm³/mol. The number of thiophene rings is 1. The molecule has 1 aliphatic carbocycles. The van der Waals surface area contributed by atoms with E-state index in [1.807, 2.05) is 11.3 Å². The van der Waals surface area contributed by atoms with Crippen molar-refractivity contribution < 1.29 is 0 Å². The number of hydrogen-bond acceptors (Lipinski definition) is 2. The fraction of sp³-hybridized carbons (Fsp3) is 0.333. The lowest BCUT2D eigenvalue weighted by Gasteiger charge is -2.44. The van der Waals surface area contributed by atoms with E-state index >= 15 is 0 Å². The molecule has 260 valence electrons. The molecule has 2 aliphatic heterocycles. The van der Waals surface area contributed by atoms with Crippen LogP contribution in [0.15, 0.2) is 91.0 Å². The molecule has 0 atom stereocenters. The van der Waals surface area contributed by atoms with Crippen LogP contribution in [0.4, 0.5) is 17.1 Å². The lowest BCUT2D eigenvalue weighted by atomic mass is 9.36. The van der Waals surface area contributed by atoms with E-state index < -0.39 is 0 Å². The summed E-state index contributed by atoms with van der Waals surface area (Å²) in [5.41, 5.74) is 17.0. The van der Waals surface area contributed by atoms with Gasteiger partial charge in [0.2, 0.25) is 0 Å². The highest BCUT2D eigenvalue weighted by Crippen LogP contribution is 2.51. The van der Waals surface area contributed by atoms with Gasteiger partial charge in [0.25, 0.3) is 6.71 Å². The Bertz CT molecular complexity index is 2630. The molecule has 10 rings (SSSR count). The maximum absolute atomic E-state index is 2.71. The standard InChI is InChI=1S/C48H49BN2S/c1-9-10-14-29-19-22-41-34(25-29)44-45(52-41)49-37-17-13-16-33-32-15-11-12-18-38(32)51(43(33)37)40-27-30(46(2,3)4)26-39(42(40)49)50(44)31-20-21-35-36(28-31)48(7,8)24-23-47(35,5)6/h11-13,15-22,25-28H,9-10,14,23-24H2,1-8H3. The first-order valence-electron chi connectivity index (χ1n) is 19.6. The molecule has 52 heavy (non-hydrogen) atoms. The van der Waals surface area contributed by atoms with Gasteiger partial charge in [0.05, 0.1) is 11.2 Å². The number of unbranched alkanes of at least 4 members (excludes halogenated alkanes) is 1. The molecule has 4 heterocycles. The van der Waals surface area contributed by atoms with Crippen molar-refractivity contribution in [1.82, 2.24) is 4.57 Å². The molecule has 0 saturated heterocycles. The summed E-state index contributed by atoms with van der Waals surface area (Å²) < 4.78 is 5.47. The molecule has 0 N–H and O–H groups in total. The lowest BCUT2D eigenvalue weighted by molar-refractivity contribution is 0.332. The summed E-state index contributed by atoms with van der Waals surface area (Å²) in [6.07, 6.45) is 5.97. The van der Waals surface area contributed by atoms with Gasteiger partial charge >= 0.3 is 0 Å². The van der Waals surface area contributed by atoms with Gasteiger partial charge in [0, 0.05) is 48.2 Å². The van der Waals surface area contributed by atoms with Crippen LogP contribution in [0, 0.1) is 0 Å². The summed E-state index contributed by atoms with van der Waals surface area (Å²) >= 11 is 2.02. The highest BCUT2D eigenvalue weighted by Gasteiger charge is 2.45. The van der Waals surface area contributed by atoms with Crippen molar-refractivity contribution in [3.05, 3.63) is 113 Å². The molecule has 0 radical (unpaired) electrons. The minimum Gasteiger partial charge on any atom is -0.310 e. The highest BCUT2D eigenvalue weighted by atomic mass is 32.1. The van der Waals surface area contributed by atoms with Gasteiger partial charge in [0.1, 0.15) is 0 Å². The van der Waals surface area contributed by atoms with Crippen LogP contribution in [0.25, 0.3) is 37.6 Å². The van der Waals surface area contributed by atoms with Gasteiger partial charge in [-0.25, -0.2) is 0 Å². The third-order valence-corrected chi connectivity index (χ3v) is 14.2. The average molecular weight is 697 g/mol. The second-order valence-electron chi connectivity index (χ2n) is 18.3. The Labute approximate surface area is 313 Å². The second-order valence-corrected chi connectivity index (χ2v) is 19.4. The number of hydrogen-bond donors (Lipinski definition) is 0. The average Bonchev–Trinajstić information content (AvgIpc) is 3.67. The van der Waals surface area contributed by atoms with Crippen LogP contribution in [-0.4, -0.2) is 11.3 Å². The van der Waals surface area contributed by atoms with Gasteiger partial charge in [-0.15, -0.1) is 11.3 Å². The third kappa shape index (κ3) is 4.43. The molecule has 0 unspecified atom stereocenters. The normalized spacial score (nSPS) is 16.8. The molecule has 2 aromatic heterocycles. The molecule has 5 aromatic carbocycles. The van der Waals surface area contributed by atoms with E-state index in [1.165, 1.54) is 118 Å². The third-order valence-electron chi connectivity index (χ3n) is 13.0. The summed E-state index contributed by atoms with van der Waals surface area (Å²) in [6.45, 7) is 19.4. The zero-order valence-corrected chi connectivity index (χ0v) is 32.9. The summed E-state index contributed by atoms with van der Waals surface area (Å²) in [5, 5.41) is 4.09. The van der Waals surface area contributed by atoms with E-state index in [9.17, 15) is 0 Å². The van der Waals surface area contributed by atoms with E-state index in [0.717, 1.165) is 6.42 Å². The molecule has 4 heteroatoms. The van der Waals surface area contributed by atoms with Crippen molar-refractivity contribution >= 4 is 82.7 Å². The van der Waals surface area contributed by atoms with Crippen LogP contribution in [0.5, 0.6) is 0 Å². The van der Waals surface area contributed by atoms with Gasteiger partial charge in [-0.05, 0) is 118 Å². The van der Waals surface area contributed by atoms with Crippen molar-refractivity contribution in [2.45, 2.75) is 104 Å². The number of aromatic nitrogens is 1. The Morgan fingerprint density at radius 1 is 0.750 bits per heavy atom. The Morgan fingerprint density at radius 3 is 2.29 bits per heavy atom. The van der Waals surface area contributed by atoms with Gasteiger partial charge in [-0.3, -0.25) is 0 Å². The Balaban J connectivity index is 1.36. The van der Waals surface area contributed by atoms with E-state index in [0.29, 0.717) is 0 Å². The number of para-hydroxylation sites is 2. The van der Waals surface area contributed by atoms with E-state index in [2.05, 4.69) is 156 Å². The Kier molecular flexibility index (Phi) is 6.78. The SMILES string of the molecule is CCCCc1ccc2sc3c(c2c1)N(c1ccc2c(c1)C(C)(C)CCC2(C)C)c1cc(C(C)(C)C)cc2c1B3c1cccc3c4ccccc4n-2c13. The first-order valence-corrected chi connectivity index (χ1v) is 20.4. The molecule has 0 bridgehead atoms. The number of rotatable bonds is 4. The molecule has 0 fully saturated rings. The van der Waals surface area contributed by atoms with Crippen molar-refractivity contribution in [3.8, 4) is 5.69 Å². The van der Waals surface area contributed by atoms with E-state index in [1.54, 1.807) is 0 Å². The second kappa shape index (κ2) is 10.9. The first kappa shape index (κ1) is 32.4. The van der Waals surface area contributed by atoms with Crippen molar-refractivity contribution in [2.24, 2.45) is 0 Å². The largest absolute Gasteiger partial charge is 0.310 e. The molecule has 0 spiro atoms. The Morgan fingerprint density at radius 2 is 1.50 bits per heavy atom. The fourth-order valence-electron chi connectivity index (χ4n) is 9.90. The summed E-state index contributed by atoms with van der Waals surface area (Å²) in [7, 11) is 0. The summed E-state index contributed by atoms with van der Waals surface area (Å²) in [5.74, 6) is 0. The van der Waals surface area contributed by atoms with E-state index in [4.69, 9.17) is 0 Å². The zero-order chi connectivity index (χ0) is 35.9. The number of nitrogens with zero attached hydrogens (tertiary/aromatic N) is 2. The summed E-state index contributed by atoms with van der Waals surface area (Å²) in [6, 6.07) is 36.1. The van der Waals surface area contributed by atoms with E-state index in [-0.39, 0.29) is 23.0 Å². The summed E-state index contributed by atoms with van der Waals surface area (Å²) in [4.78, 5) is 2.71. The molecular weight excluding hydrogens is 647 g/mol. The van der Waals surface area contributed by atoms with Gasteiger partial charge in [0.15, 0.2) is 0 Å². The van der Waals surface area contributed by atoms with Crippen LogP contribution in [0.1, 0.15) is 103 Å². The monoisotopic (exact) mass is 696 g/mol. The number of benzene rings is 5. The molecule has 2 nitrogen and oxygen atoms in total. The lowest BCUT2D eigenvalue weighted by Crippen LogP contribution is -2.59. The van der Waals surface area contributed by atoms with Gasteiger partial charge in [-0.2, -0.15) is 0 Å². The van der Waals surface area contributed by atoms with Crippen molar-refractivity contribution in [3.63, 3.8) is 0 Å². The minimum atomic E-state index is -0.0298. The molecule has 7 aromatic rings. The molecule has 0 saturated carbocycles. The van der Waals surface area contributed by atoms with Crippen LogP contribution in [0.3, 0.4) is 0 Å². The number of aryl methyl sites for hydroxylation is 1.